The van der Waals surface area contributed by atoms with Crippen LogP contribution in [0, 0.1) is 23.7 Å². The predicted molar refractivity (Wildman–Crippen MR) is 98.8 cm³/mol. The molecule has 1 atom stereocenters. The van der Waals surface area contributed by atoms with Crippen LogP contribution in [0.25, 0.3) is 0 Å². The minimum atomic E-state index is -1.02. The smallest absolute Gasteiger partial charge is 0.332 e. The number of carboxylic acids is 1. The fourth-order valence-electron chi connectivity index (χ4n) is 6.15. The summed E-state index contributed by atoms with van der Waals surface area (Å²) in [6.45, 7) is 0. The second-order valence-electron chi connectivity index (χ2n) is 9.04. The lowest BCUT2D eigenvalue weighted by Crippen LogP contribution is -2.59. The quantitative estimate of drug-likeness (QED) is 0.835. The van der Waals surface area contributed by atoms with Crippen molar-refractivity contribution in [1.29, 1.82) is 0 Å². The highest BCUT2D eigenvalue weighted by molar-refractivity contribution is 5.84. The molecule has 2 amide bonds. The molecule has 6 heteroatoms. The van der Waals surface area contributed by atoms with E-state index in [0.717, 1.165) is 24.7 Å². The van der Waals surface area contributed by atoms with Gasteiger partial charge in [0, 0.05) is 18.3 Å². The van der Waals surface area contributed by atoms with Gasteiger partial charge >= 0.3 is 12.0 Å². The summed E-state index contributed by atoms with van der Waals surface area (Å²) in [6.07, 6.45) is 9.61. The highest BCUT2D eigenvalue weighted by Crippen LogP contribution is 2.53. The zero-order chi connectivity index (χ0) is 18.5. The maximum atomic E-state index is 13.3. The second-order valence-corrected chi connectivity index (χ2v) is 9.04. The van der Waals surface area contributed by atoms with Crippen LogP contribution in [0.15, 0.2) is 24.4 Å². The maximum absolute atomic E-state index is 13.3. The number of carboxylic acid groups (broad SMARTS) is 1. The van der Waals surface area contributed by atoms with E-state index in [1.54, 1.807) is 29.3 Å². The molecule has 0 saturated heterocycles. The molecule has 1 unspecified atom stereocenters. The van der Waals surface area contributed by atoms with Crippen LogP contribution in [0.4, 0.5) is 4.79 Å². The fraction of sp³-hybridized carbons (Fsp3) is 0.667. The maximum Gasteiger partial charge on any atom is 0.332 e. The summed E-state index contributed by atoms with van der Waals surface area (Å²) >= 11 is 0. The monoisotopic (exact) mass is 369 g/mol. The summed E-state index contributed by atoms with van der Waals surface area (Å²) < 4.78 is 0. The Hall–Kier alpha value is -2.11. The number of nitrogens with zero attached hydrogens (tertiary/aromatic N) is 2. The van der Waals surface area contributed by atoms with E-state index in [-0.39, 0.29) is 18.1 Å². The number of urea groups is 1. The number of nitrogens with one attached hydrogen (secondary N) is 1. The molecule has 5 aliphatic rings. The Bertz CT molecular complexity index is 705. The van der Waals surface area contributed by atoms with Crippen molar-refractivity contribution in [3.8, 4) is 0 Å². The van der Waals surface area contributed by atoms with Crippen LogP contribution in [0.2, 0.25) is 0 Å². The number of hydrogen-bond donors (Lipinski definition) is 2. The average Bonchev–Trinajstić information content (AvgIpc) is 3.47. The molecule has 5 fully saturated rings. The summed E-state index contributed by atoms with van der Waals surface area (Å²) in [5.74, 6) is 1.83. The third-order valence-electron chi connectivity index (χ3n) is 7.17. The Labute approximate surface area is 159 Å². The van der Waals surface area contributed by atoms with Gasteiger partial charge in [-0.15, -0.1) is 0 Å². The standard InChI is InChI=1S/C21H27N3O3/c25-20(26)19(17-3-1-2-6-22-17)24(16-4-5-16)21(27)23-18-14-8-12-7-13(10-14)11-15(18)9-12/h1-3,6,12-16,18-19H,4-5,7-11H2,(H,23,27)(H,25,26). The van der Waals surface area contributed by atoms with Gasteiger partial charge in [0.1, 0.15) is 0 Å². The van der Waals surface area contributed by atoms with Crippen molar-refractivity contribution in [2.45, 2.75) is 63.1 Å². The Balaban J connectivity index is 1.37. The van der Waals surface area contributed by atoms with Crippen LogP contribution in [-0.2, 0) is 4.79 Å². The molecule has 1 aromatic rings. The Morgan fingerprint density at radius 1 is 1.07 bits per heavy atom. The molecule has 27 heavy (non-hydrogen) atoms. The number of amides is 2. The van der Waals surface area contributed by atoms with E-state index < -0.39 is 12.0 Å². The second kappa shape index (κ2) is 6.50. The van der Waals surface area contributed by atoms with Crippen molar-refractivity contribution < 1.29 is 14.7 Å². The Morgan fingerprint density at radius 3 is 2.26 bits per heavy atom. The zero-order valence-electron chi connectivity index (χ0n) is 15.5. The lowest BCUT2D eigenvalue weighted by molar-refractivity contribution is -0.142. The molecular weight excluding hydrogens is 342 g/mol. The number of carbonyl (C=O) groups is 2. The third kappa shape index (κ3) is 3.09. The topological polar surface area (TPSA) is 82.5 Å². The fourth-order valence-corrected chi connectivity index (χ4v) is 6.15. The minimum absolute atomic E-state index is 0.00457. The summed E-state index contributed by atoms with van der Waals surface area (Å²) in [6, 6.07) is 4.22. The molecule has 0 spiro atoms. The lowest BCUT2D eigenvalue weighted by Gasteiger charge is -2.54. The van der Waals surface area contributed by atoms with E-state index in [2.05, 4.69) is 10.3 Å². The van der Waals surface area contributed by atoms with Gasteiger partial charge in [-0.05, 0) is 80.8 Å². The van der Waals surface area contributed by atoms with Crippen LogP contribution < -0.4 is 5.32 Å². The van der Waals surface area contributed by atoms with E-state index in [1.807, 2.05) is 0 Å². The predicted octanol–water partition coefficient (Wildman–Crippen LogP) is 3.21. The van der Waals surface area contributed by atoms with Crippen LogP contribution in [0.3, 0.4) is 0 Å². The van der Waals surface area contributed by atoms with E-state index in [9.17, 15) is 14.7 Å². The molecule has 6 nitrogen and oxygen atoms in total. The number of aromatic nitrogens is 1. The molecule has 1 aromatic heterocycles. The molecule has 144 valence electrons. The van der Waals surface area contributed by atoms with E-state index in [4.69, 9.17) is 0 Å². The van der Waals surface area contributed by atoms with Gasteiger partial charge in [-0.2, -0.15) is 0 Å². The Kier molecular flexibility index (Phi) is 4.10. The Morgan fingerprint density at radius 2 is 1.74 bits per heavy atom. The molecular formula is C21H27N3O3. The van der Waals surface area contributed by atoms with Gasteiger partial charge in [0.25, 0.3) is 0 Å². The van der Waals surface area contributed by atoms with E-state index in [0.29, 0.717) is 17.5 Å². The van der Waals surface area contributed by atoms with Gasteiger partial charge < -0.3 is 15.3 Å². The van der Waals surface area contributed by atoms with Gasteiger partial charge in [0.2, 0.25) is 0 Å². The highest BCUT2D eigenvalue weighted by atomic mass is 16.4. The molecule has 0 aromatic carbocycles. The molecule has 4 bridgehead atoms. The van der Waals surface area contributed by atoms with Crippen molar-refractivity contribution in [2.75, 3.05) is 0 Å². The lowest BCUT2D eigenvalue weighted by atomic mass is 9.54. The number of carbonyl (C=O) groups excluding carboxylic acids is 1. The summed E-state index contributed by atoms with van der Waals surface area (Å²) in [7, 11) is 0. The SMILES string of the molecule is O=C(O)C(c1ccccn1)N(C(=O)NC1C2CC3CC(C2)CC1C3)C1CC1. The molecule has 0 aliphatic heterocycles. The highest BCUT2D eigenvalue weighted by Gasteiger charge is 2.50. The molecule has 1 heterocycles. The first-order valence-corrected chi connectivity index (χ1v) is 10.3. The van der Waals surface area contributed by atoms with Crippen molar-refractivity contribution in [1.82, 2.24) is 15.2 Å². The number of pyridine rings is 1. The number of aliphatic carboxylic acids is 1. The minimum Gasteiger partial charge on any atom is -0.479 e. The molecule has 0 radical (unpaired) electrons. The van der Waals surface area contributed by atoms with Gasteiger partial charge in [0.05, 0.1) is 5.69 Å². The van der Waals surface area contributed by atoms with Crippen molar-refractivity contribution >= 4 is 12.0 Å². The van der Waals surface area contributed by atoms with Gasteiger partial charge in [-0.3, -0.25) is 4.98 Å². The largest absolute Gasteiger partial charge is 0.479 e. The first kappa shape index (κ1) is 17.0. The summed E-state index contributed by atoms with van der Waals surface area (Å²) in [4.78, 5) is 31.1. The zero-order valence-corrected chi connectivity index (χ0v) is 15.5. The van der Waals surface area contributed by atoms with Crippen molar-refractivity contribution in [3.63, 3.8) is 0 Å². The van der Waals surface area contributed by atoms with Crippen LogP contribution in [-0.4, -0.2) is 39.1 Å². The van der Waals surface area contributed by atoms with Gasteiger partial charge in [-0.25, -0.2) is 9.59 Å². The van der Waals surface area contributed by atoms with Crippen LogP contribution in [0.5, 0.6) is 0 Å². The summed E-state index contributed by atoms with van der Waals surface area (Å²) in [5.41, 5.74) is 0.428. The first-order chi connectivity index (χ1) is 13.1. The van der Waals surface area contributed by atoms with Crippen molar-refractivity contribution in [3.05, 3.63) is 30.1 Å². The van der Waals surface area contributed by atoms with Crippen LogP contribution >= 0.6 is 0 Å². The van der Waals surface area contributed by atoms with Crippen molar-refractivity contribution in [2.24, 2.45) is 23.7 Å². The molecule has 2 N–H and O–H groups in total. The molecule has 6 rings (SSSR count). The van der Waals surface area contributed by atoms with Crippen LogP contribution in [0.1, 0.15) is 56.7 Å². The first-order valence-electron chi connectivity index (χ1n) is 10.3. The van der Waals surface area contributed by atoms with E-state index in [1.165, 1.54) is 32.1 Å². The van der Waals surface area contributed by atoms with Gasteiger partial charge in [-0.1, -0.05) is 6.07 Å². The number of hydrogen-bond acceptors (Lipinski definition) is 3. The summed E-state index contributed by atoms with van der Waals surface area (Å²) in [5, 5.41) is 13.2. The van der Waals surface area contributed by atoms with E-state index >= 15 is 0 Å². The normalized spacial score (nSPS) is 34.9. The molecule has 5 saturated carbocycles. The number of rotatable bonds is 5. The third-order valence-corrected chi connectivity index (χ3v) is 7.17. The molecule has 5 aliphatic carbocycles. The average molecular weight is 369 g/mol. The van der Waals surface area contributed by atoms with Gasteiger partial charge in [0.15, 0.2) is 6.04 Å².